The molecule has 0 unspecified atom stereocenters. The molecule has 22 heavy (non-hydrogen) atoms. The smallest absolute Gasteiger partial charge is 0.286 e. The van der Waals surface area contributed by atoms with E-state index in [1.807, 2.05) is 32.0 Å². The number of para-hydroxylation sites is 1. The summed E-state index contributed by atoms with van der Waals surface area (Å²) in [7, 11) is 0. The molecule has 0 aliphatic carbocycles. The predicted octanol–water partition coefficient (Wildman–Crippen LogP) is 2.45. The van der Waals surface area contributed by atoms with Gasteiger partial charge in [-0.1, -0.05) is 43.4 Å². The Morgan fingerprint density at radius 2 is 1.91 bits per heavy atom. The van der Waals surface area contributed by atoms with Crippen molar-refractivity contribution in [2.75, 3.05) is 5.32 Å². The number of anilines is 1. The third-order valence-corrected chi connectivity index (χ3v) is 3.65. The van der Waals surface area contributed by atoms with Crippen molar-refractivity contribution in [2.45, 2.75) is 26.8 Å². The van der Waals surface area contributed by atoms with Gasteiger partial charge in [0.2, 0.25) is 10.9 Å². The van der Waals surface area contributed by atoms with Crippen molar-refractivity contribution in [1.29, 1.82) is 0 Å². The Balaban J connectivity index is 1.88. The highest BCUT2D eigenvalue weighted by molar-refractivity contribution is 7.13. The molecule has 0 aliphatic heterocycles. The van der Waals surface area contributed by atoms with Crippen LogP contribution in [0.4, 0.5) is 5.69 Å². The molecule has 7 heteroatoms. The van der Waals surface area contributed by atoms with Crippen molar-refractivity contribution in [3.05, 3.63) is 40.3 Å². The largest absolute Gasteiger partial charge is 0.350 e. The van der Waals surface area contributed by atoms with Crippen LogP contribution in [-0.4, -0.2) is 22.0 Å². The molecule has 6 nitrogen and oxygen atoms in total. The summed E-state index contributed by atoms with van der Waals surface area (Å²) in [6.07, 6.45) is 0.472. The van der Waals surface area contributed by atoms with Crippen LogP contribution in [0.1, 0.15) is 35.1 Å². The molecule has 0 aliphatic rings. The molecule has 0 saturated heterocycles. The third kappa shape index (κ3) is 4.92. The number of amides is 2. The maximum Gasteiger partial charge on any atom is 0.286 e. The van der Waals surface area contributed by atoms with Crippen LogP contribution in [0, 0.1) is 5.92 Å². The fourth-order valence-corrected chi connectivity index (χ4v) is 2.41. The van der Waals surface area contributed by atoms with Crippen LogP contribution >= 0.6 is 11.3 Å². The second kappa shape index (κ2) is 7.65. The molecule has 0 saturated carbocycles. The number of carbonyl (C=O) groups excluding carboxylic acids is 2. The highest BCUT2D eigenvalue weighted by Gasteiger charge is 2.13. The van der Waals surface area contributed by atoms with Gasteiger partial charge in [-0.25, -0.2) is 0 Å². The molecule has 2 rings (SSSR count). The summed E-state index contributed by atoms with van der Waals surface area (Å²) in [6.45, 7) is 4.26. The Morgan fingerprint density at radius 3 is 2.59 bits per heavy atom. The van der Waals surface area contributed by atoms with Crippen LogP contribution in [0.15, 0.2) is 30.3 Å². The lowest BCUT2D eigenvalue weighted by Crippen LogP contribution is -2.23. The number of hydrogen-bond donors (Lipinski definition) is 2. The lowest BCUT2D eigenvalue weighted by molar-refractivity contribution is -0.121. The summed E-state index contributed by atoms with van der Waals surface area (Å²) in [6, 6.07) is 9.15. The molecule has 116 valence electrons. The number of benzene rings is 1. The first-order valence-electron chi connectivity index (χ1n) is 7.00. The molecular weight excluding hydrogens is 300 g/mol. The summed E-state index contributed by atoms with van der Waals surface area (Å²) in [5, 5.41) is 14.2. The zero-order valence-electron chi connectivity index (χ0n) is 12.5. The van der Waals surface area contributed by atoms with Crippen molar-refractivity contribution in [2.24, 2.45) is 5.92 Å². The topological polar surface area (TPSA) is 84.0 Å². The zero-order chi connectivity index (χ0) is 15.9. The van der Waals surface area contributed by atoms with Gasteiger partial charge in [-0.3, -0.25) is 9.59 Å². The van der Waals surface area contributed by atoms with E-state index in [4.69, 9.17) is 0 Å². The molecule has 1 aromatic heterocycles. The number of aromatic nitrogens is 2. The fraction of sp³-hybridized carbons (Fsp3) is 0.333. The molecule has 2 amide bonds. The van der Waals surface area contributed by atoms with Gasteiger partial charge >= 0.3 is 0 Å². The molecule has 1 heterocycles. The third-order valence-electron chi connectivity index (χ3n) is 2.72. The van der Waals surface area contributed by atoms with Crippen molar-refractivity contribution >= 4 is 28.8 Å². The number of carbonyl (C=O) groups is 2. The lowest BCUT2D eigenvalue weighted by Gasteiger charge is -2.04. The molecule has 0 radical (unpaired) electrons. The SMILES string of the molecule is CC(C)CC(=O)NCc1nnc(C(=O)Nc2ccccc2)s1. The Bertz CT molecular complexity index is 640. The second-order valence-electron chi connectivity index (χ2n) is 5.20. The first-order valence-corrected chi connectivity index (χ1v) is 7.81. The summed E-state index contributed by atoms with van der Waals surface area (Å²) < 4.78 is 0. The minimum atomic E-state index is -0.302. The second-order valence-corrected chi connectivity index (χ2v) is 6.26. The van der Waals surface area contributed by atoms with Gasteiger partial charge in [0.25, 0.3) is 5.91 Å². The number of hydrogen-bond acceptors (Lipinski definition) is 5. The minimum Gasteiger partial charge on any atom is -0.350 e. The summed E-state index contributed by atoms with van der Waals surface area (Å²) >= 11 is 1.17. The number of rotatable bonds is 6. The average molecular weight is 318 g/mol. The van der Waals surface area contributed by atoms with Crippen molar-refractivity contribution in [3.63, 3.8) is 0 Å². The summed E-state index contributed by atoms with van der Waals surface area (Å²) in [5.74, 6) is -0.0226. The average Bonchev–Trinajstić information content (AvgIpc) is 2.94. The van der Waals surface area contributed by atoms with E-state index in [0.29, 0.717) is 29.6 Å². The lowest BCUT2D eigenvalue weighted by atomic mass is 10.1. The van der Waals surface area contributed by atoms with Gasteiger partial charge in [-0.15, -0.1) is 10.2 Å². The fourth-order valence-electron chi connectivity index (χ4n) is 1.74. The van der Waals surface area contributed by atoms with Crippen LogP contribution in [0.5, 0.6) is 0 Å². The van der Waals surface area contributed by atoms with Crippen molar-refractivity contribution in [3.8, 4) is 0 Å². The Labute approximate surface area is 133 Å². The van der Waals surface area contributed by atoms with Gasteiger partial charge in [-0.05, 0) is 18.1 Å². The van der Waals surface area contributed by atoms with E-state index in [-0.39, 0.29) is 16.8 Å². The quantitative estimate of drug-likeness (QED) is 0.857. The Morgan fingerprint density at radius 1 is 1.18 bits per heavy atom. The van der Waals surface area contributed by atoms with E-state index in [2.05, 4.69) is 20.8 Å². The molecule has 0 fully saturated rings. The predicted molar refractivity (Wildman–Crippen MR) is 85.6 cm³/mol. The Kier molecular flexibility index (Phi) is 5.60. The van der Waals surface area contributed by atoms with E-state index in [1.54, 1.807) is 12.1 Å². The van der Waals surface area contributed by atoms with Crippen LogP contribution in [0.2, 0.25) is 0 Å². The van der Waals surface area contributed by atoms with E-state index < -0.39 is 0 Å². The normalized spacial score (nSPS) is 10.5. The molecular formula is C15H18N4O2S. The van der Waals surface area contributed by atoms with Crippen LogP contribution in [0.3, 0.4) is 0 Å². The number of nitrogens with one attached hydrogen (secondary N) is 2. The highest BCUT2D eigenvalue weighted by atomic mass is 32.1. The van der Waals surface area contributed by atoms with E-state index >= 15 is 0 Å². The zero-order valence-corrected chi connectivity index (χ0v) is 13.3. The molecule has 2 aromatic rings. The van der Waals surface area contributed by atoms with Gasteiger partial charge in [-0.2, -0.15) is 0 Å². The van der Waals surface area contributed by atoms with E-state index in [0.717, 1.165) is 0 Å². The molecule has 1 aromatic carbocycles. The van der Waals surface area contributed by atoms with Gasteiger partial charge in [0.05, 0.1) is 6.54 Å². The summed E-state index contributed by atoms with van der Waals surface area (Å²) in [4.78, 5) is 23.6. The van der Waals surface area contributed by atoms with Crippen LogP contribution in [0.25, 0.3) is 0 Å². The van der Waals surface area contributed by atoms with Crippen LogP contribution < -0.4 is 10.6 Å². The van der Waals surface area contributed by atoms with Crippen molar-refractivity contribution < 1.29 is 9.59 Å². The Hall–Kier alpha value is -2.28. The molecule has 2 N–H and O–H groups in total. The molecule has 0 atom stereocenters. The first kappa shape index (κ1) is 16.1. The number of nitrogens with zero attached hydrogens (tertiary/aromatic N) is 2. The van der Waals surface area contributed by atoms with Crippen molar-refractivity contribution in [1.82, 2.24) is 15.5 Å². The maximum atomic E-state index is 12.0. The van der Waals surface area contributed by atoms with Gasteiger partial charge in [0.1, 0.15) is 5.01 Å². The first-order chi connectivity index (χ1) is 10.5. The van der Waals surface area contributed by atoms with Gasteiger partial charge in [0.15, 0.2) is 0 Å². The van der Waals surface area contributed by atoms with Gasteiger partial charge in [0, 0.05) is 12.1 Å². The molecule has 0 spiro atoms. The maximum absolute atomic E-state index is 12.0. The summed E-state index contributed by atoms with van der Waals surface area (Å²) in [5.41, 5.74) is 0.703. The minimum absolute atomic E-state index is 0.0273. The monoisotopic (exact) mass is 318 g/mol. The molecule has 0 bridgehead atoms. The van der Waals surface area contributed by atoms with Gasteiger partial charge < -0.3 is 10.6 Å². The van der Waals surface area contributed by atoms with Crippen LogP contribution in [-0.2, 0) is 11.3 Å². The standard InChI is InChI=1S/C15H18N4O2S/c1-10(2)8-12(20)16-9-13-18-19-15(22-13)14(21)17-11-6-4-3-5-7-11/h3-7,10H,8-9H2,1-2H3,(H,16,20)(H,17,21). The van der Waals surface area contributed by atoms with E-state index in [9.17, 15) is 9.59 Å². The van der Waals surface area contributed by atoms with E-state index in [1.165, 1.54) is 11.3 Å². The highest BCUT2D eigenvalue weighted by Crippen LogP contribution is 2.13.